The average molecular weight is 198 g/mol. The van der Waals surface area contributed by atoms with E-state index in [1.165, 1.54) is 10.6 Å². The summed E-state index contributed by atoms with van der Waals surface area (Å²) in [5.74, 6) is 0. The van der Waals surface area contributed by atoms with Gasteiger partial charge in [-0.15, -0.1) is 11.3 Å². The number of aromatic nitrogens is 1. The third-order valence-electron chi connectivity index (χ3n) is 1.93. The third kappa shape index (κ3) is 2.78. The molecule has 3 heteroatoms. The van der Waals surface area contributed by atoms with Crippen molar-refractivity contribution in [2.75, 3.05) is 0 Å². The van der Waals surface area contributed by atoms with E-state index < -0.39 is 0 Å². The van der Waals surface area contributed by atoms with Crippen LogP contribution >= 0.6 is 11.3 Å². The van der Waals surface area contributed by atoms with Crippen LogP contribution < -0.4 is 5.32 Å². The second-order valence-corrected chi connectivity index (χ2v) is 5.12. The summed E-state index contributed by atoms with van der Waals surface area (Å²) in [4.78, 5) is 5.85. The van der Waals surface area contributed by atoms with Gasteiger partial charge in [-0.25, -0.2) is 4.98 Å². The van der Waals surface area contributed by atoms with Crippen LogP contribution in [0, 0.1) is 13.8 Å². The van der Waals surface area contributed by atoms with E-state index in [1.54, 1.807) is 11.3 Å². The lowest BCUT2D eigenvalue weighted by Gasteiger charge is -2.15. The van der Waals surface area contributed by atoms with E-state index >= 15 is 0 Å². The van der Waals surface area contributed by atoms with E-state index in [4.69, 9.17) is 0 Å². The molecule has 13 heavy (non-hydrogen) atoms. The normalized spacial score (nSPS) is 13.7. The minimum Gasteiger partial charge on any atom is -0.307 e. The Hall–Kier alpha value is -0.410. The third-order valence-corrected chi connectivity index (χ3v) is 2.83. The number of nitrogens with zero attached hydrogens (tertiary/aromatic N) is 1. The van der Waals surface area contributed by atoms with E-state index in [1.807, 2.05) is 0 Å². The molecule has 0 fully saturated rings. The van der Waals surface area contributed by atoms with Crippen molar-refractivity contribution < 1.29 is 0 Å². The van der Waals surface area contributed by atoms with Crippen LogP contribution in [0.1, 0.15) is 42.4 Å². The molecule has 1 N–H and O–H groups in total. The van der Waals surface area contributed by atoms with Gasteiger partial charge in [-0.2, -0.15) is 0 Å². The molecule has 1 atom stereocenters. The molecule has 2 nitrogen and oxygen atoms in total. The zero-order valence-electron chi connectivity index (χ0n) is 9.01. The summed E-state index contributed by atoms with van der Waals surface area (Å²) in [7, 11) is 0. The molecule has 1 heterocycles. The van der Waals surface area contributed by atoms with Gasteiger partial charge in [0.05, 0.1) is 10.7 Å². The number of nitrogens with one attached hydrogen (secondary N) is 1. The van der Waals surface area contributed by atoms with Crippen LogP contribution in [0.15, 0.2) is 0 Å². The maximum atomic E-state index is 4.52. The lowest BCUT2D eigenvalue weighted by molar-refractivity contribution is 0.497. The van der Waals surface area contributed by atoms with Crippen molar-refractivity contribution in [3.8, 4) is 0 Å². The van der Waals surface area contributed by atoms with Gasteiger partial charge in [0.15, 0.2) is 0 Å². The smallest absolute Gasteiger partial charge is 0.0900 e. The van der Waals surface area contributed by atoms with Crippen LogP contribution in [0.3, 0.4) is 0 Å². The van der Waals surface area contributed by atoms with Gasteiger partial charge in [0.1, 0.15) is 0 Å². The fourth-order valence-corrected chi connectivity index (χ4v) is 2.44. The zero-order valence-corrected chi connectivity index (χ0v) is 9.83. The molecule has 1 aromatic rings. The molecule has 0 saturated carbocycles. The molecule has 1 aromatic heterocycles. The highest BCUT2D eigenvalue weighted by Crippen LogP contribution is 2.22. The van der Waals surface area contributed by atoms with Gasteiger partial charge in [0.2, 0.25) is 0 Å². The average Bonchev–Trinajstić information content (AvgIpc) is 2.28. The van der Waals surface area contributed by atoms with Gasteiger partial charge in [0, 0.05) is 17.0 Å². The first-order chi connectivity index (χ1) is 6.00. The summed E-state index contributed by atoms with van der Waals surface area (Å²) >= 11 is 1.77. The standard InChI is InChI=1S/C10H18N2S/c1-6(2)11-7(3)10-8(4)13-9(5)12-10/h6-7,11H,1-5H3. The predicted octanol–water partition coefficient (Wildman–Crippen LogP) is 2.82. The molecule has 0 spiro atoms. The monoisotopic (exact) mass is 198 g/mol. The Morgan fingerprint density at radius 3 is 2.23 bits per heavy atom. The fraction of sp³-hybridized carbons (Fsp3) is 0.700. The van der Waals surface area contributed by atoms with Crippen LogP contribution in [0.25, 0.3) is 0 Å². The molecule has 0 bridgehead atoms. The van der Waals surface area contributed by atoms with Crippen molar-refractivity contribution in [1.82, 2.24) is 10.3 Å². The van der Waals surface area contributed by atoms with Crippen LogP contribution in [-0.2, 0) is 0 Å². The summed E-state index contributed by atoms with van der Waals surface area (Å²) in [5, 5.41) is 4.61. The Balaban J connectivity index is 2.76. The van der Waals surface area contributed by atoms with Crippen LogP contribution in [-0.4, -0.2) is 11.0 Å². The largest absolute Gasteiger partial charge is 0.307 e. The van der Waals surface area contributed by atoms with Gasteiger partial charge in [0.25, 0.3) is 0 Å². The van der Waals surface area contributed by atoms with Gasteiger partial charge < -0.3 is 5.32 Å². The van der Waals surface area contributed by atoms with Crippen molar-refractivity contribution in [2.45, 2.75) is 46.7 Å². The summed E-state index contributed by atoms with van der Waals surface area (Å²) in [6.07, 6.45) is 0. The molecule has 0 saturated heterocycles. The molecule has 0 aliphatic heterocycles. The summed E-state index contributed by atoms with van der Waals surface area (Å²) in [6, 6.07) is 0.876. The van der Waals surface area contributed by atoms with Gasteiger partial charge >= 0.3 is 0 Å². The lowest BCUT2D eigenvalue weighted by Crippen LogP contribution is -2.26. The van der Waals surface area contributed by atoms with E-state index in [0.717, 1.165) is 5.01 Å². The quantitative estimate of drug-likeness (QED) is 0.808. The molecular weight excluding hydrogens is 180 g/mol. The van der Waals surface area contributed by atoms with Crippen molar-refractivity contribution in [1.29, 1.82) is 0 Å². The Morgan fingerprint density at radius 1 is 1.23 bits per heavy atom. The minimum atomic E-state index is 0.366. The van der Waals surface area contributed by atoms with Crippen molar-refractivity contribution in [3.63, 3.8) is 0 Å². The summed E-state index contributed by atoms with van der Waals surface area (Å²) < 4.78 is 0. The van der Waals surface area contributed by atoms with Crippen LogP contribution in [0.5, 0.6) is 0 Å². The minimum absolute atomic E-state index is 0.366. The molecule has 0 aliphatic rings. The van der Waals surface area contributed by atoms with E-state index in [-0.39, 0.29) is 0 Å². The number of aryl methyl sites for hydroxylation is 2. The number of hydrogen-bond acceptors (Lipinski definition) is 3. The number of hydrogen-bond donors (Lipinski definition) is 1. The van der Waals surface area contributed by atoms with Crippen LogP contribution in [0.4, 0.5) is 0 Å². The Labute approximate surface area is 84.4 Å². The van der Waals surface area contributed by atoms with Crippen molar-refractivity contribution in [2.24, 2.45) is 0 Å². The van der Waals surface area contributed by atoms with Gasteiger partial charge in [-0.05, 0) is 20.8 Å². The second kappa shape index (κ2) is 4.20. The Bertz CT molecular complexity index is 278. The summed E-state index contributed by atoms with van der Waals surface area (Å²) in [6.45, 7) is 10.7. The lowest BCUT2D eigenvalue weighted by atomic mass is 10.2. The number of rotatable bonds is 3. The van der Waals surface area contributed by atoms with Crippen LogP contribution in [0.2, 0.25) is 0 Å². The molecular formula is C10H18N2S. The Kier molecular flexibility index (Phi) is 3.45. The number of thiazole rings is 1. The first-order valence-corrected chi connectivity index (χ1v) is 5.52. The molecule has 1 unspecified atom stereocenters. The zero-order chi connectivity index (χ0) is 10.0. The van der Waals surface area contributed by atoms with Crippen molar-refractivity contribution >= 4 is 11.3 Å². The SMILES string of the molecule is Cc1nc(C(C)NC(C)C)c(C)s1. The second-order valence-electron chi connectivity index (χ2n) is 3.72. The van der Waals surface area contributed by atoms with Crippen molar-refractivity contribution in [3.05, 3.63) is 15.6 Å². The molecule has 0 aromatic carbocycles. The molecule has 1 rings (SSSR count). The first kappa shape index (κ1) is 10.7. The maximum absolute atomic E-state index is 4.52. The molecule has 74 valence electrons. The van der Waals surface area contributed by atoms with E-state index in [0.29, 0.717) is 12.1 Å². The van der Waals surface area contributed by atoms with E-state index in [2.05, 4.69) is 44.9 Å². The van der Waals surface area contributed by atoms with E-state index in [9.17, 15) is 0 Å². The fourth-order valence-electron chi connectivity index (χ4n) is 1.53. The molecule has 0 aliphatic carbocycles. The topological polar surface area (TPSA) is 24.9 Å². The van der Waals surface area contributed by atoms with Gasteiger partial charge in [-0.1, -0.05) is 13.8 Å². The maximum Gasteiger partial charge on any atom is 0.0900 e. The predicted molar refractivity (Wildman–Crippen MR) is 58.3 cm³/mol. The summed E-state index contributed by atoms with van der Waals surface area (Å²) in [5.41, 5.74) is 1.20. The highest BCUT2D eigenvalue weighted by molar-refractivity contribution is 7.11. The first-order valence-electron chi connectivity index (χ1n) is 4.70. The highest BCUT2D eigenvalue weighted by atomic mass is 32.1. The highest BCUT2D eigenvalue weighted by Gasteiger charge is 2.12. The molecule has 0 radical (unpaired) electrons. The molecule has 0 amide bonds. The van der Waals surface area contributed by atoms with Gasteiger partial charge in [-0.3, -0.25) is 0 Å². The Morgan fingerprint density at radius 2 is 1.85 bits per heavy atom.